The van der Waals surface area contributed by atoms with Crippen molar-refractivity contribution in [1.82, 2.24) is 14.8 Å². The number of benzene rings is 1. The summed E-state index contributed by atoms with van der Waals surface area (Å²) in [6.07, 6.45) is -0.300. The Bertz CT molecular complexity index is 1320. The summed E-state index contributed by atoms with van der Waals surface area (Å²) in [7, 11) is 0. The van der Waals surface area contributed by atoms with Crippen molar-refractivity contribution in [3.8, 4) is 0 Å². The molecule has 1 fully saturated rings. The Labute approximate surface area is 212 Å². The Morgan fingerprint density at radius 1 is 1.11 bits per heavy atom. The highest BCUT2D eigenvalue weighted by molar-refractivity contribution is 6.04. The largest absolute Gasteiger partial charge is 0.516 e. The molecule has 0 spiro atoms. The number of carbonyl (C=O) groups excluding carboxylic acids is 3. The molecule has 4 rings (SSSR count). The van der Waals surface area contributed by atoms with E-state index >= 15 is 0 Å². The number of hydrogen-bond acceptors (Lipinski definition) is 7. The number of nitrogens with zero attached hydrogens (tertiary/aromatic N) is 3. The predicted molar refractivity (Wildman–Crippen MR) is 130 cm³/mol. The number of nitrogens with one attached hydrogen (secondary N) is 1. The summed E-state index contributed by atoms with van der Waals surface area (Å²) < 4.78 is 39.0. The molecule has 1 saturated carbocycles. The average Bonchev–Trinajstić information content (AvgIpc) is 3.26. The minimum atomic E-state index is -2.82. The lowest BCUT2D eigenvalue weighted by Crippen LogP contribution is -2.28. The Kier molecular flexibility index (Phi) is 7.80. The number of amides is 1. The predicted octanol–water partition coefficient (Wildman–Crippen LogP) is 5.75. The summed E-state index contributed by atoms with van der Waals surface area (Å²) in [6.45, 7) is 5.06. The third kappa shape index (κ3) is 6.28. The lowest BCUT2D eigenvalue weighted by atomic mass is 9.86. The zero-order valence-corrected chi connectivity index (χ0v) is 20.7. The van der Waals surface area contributed by atoms with E-state index in [9.17, 15) is 23.2 Å². The Balaban J connectivity index is 1.47. The minimum absolute atomic E-state index is 0.00454. The number of esters is 1. The first kappa shape index (κ1) is 26.2. The van der Waals surface area contributed by atoms with Gasteiger partial charge in [-0.3, -0.25) is 14.3 Å². The van der Waals surface area contributed by atoms with Crippen LogP contribution in [-0.2, 0) is 14.3 Å². The van der Waals surface area contributed by atoms with Gasteiger partial charge in [-0.1, -0.05) is 6.07 Å². The zero-order valence-electron chi connectivity index (χ0n) is 20.7. The van der Waals surface area contributed by atoms with E-state index in [4.69, 9.17) is 9.47 Å². The van der Waals surface area contributed by atoms with Crippen LogP contribution in [0.15, 0.2) is 36.5 Å². The second kappa shape index (κ2) is 11.0. The fraction of sp³-hybridized carbons (Fsp3) is 0.423. The fourth-order valence-electron chi connectivity index (χ4n) is 4.40. The molecule has 1 aromatic carbocycles. The number of carbonyl (C=O) groups is 3. The number of aromatic nitrogens is 3. The first-order valence-electron chi connectivity index (χ1n) is 12.1. The topological polar surface area (TPSA) is 112 Å². The second-order valence-corrected chi connectivity index (χ2v) is 9.37. The molecule has 1 amide bonds. The number of pyridine rings is 1. The van der Waals surface area contributed by atoms with Crippen molar-refractivity contribution in [2.24, 2.45) is 5.92 Å². The summed E-state index contributed by atoms with van der Waals surface area (Å²) in [4.78, 5) is 40.6. The number of aryl methyl sites for hydroxylation is 1. The molecule has 1 N–H and O–H groups in total. The molecule has 1 aliphatic carbocycles. The molecule has 0 aliphatic heterocycles. The number of rotatable bonds is 6. The van der Waals surface area contributed by atoms with E-state index in [2.05, 4.69) is 15.4 Å². The molecule has 2 aromatic heterocycles. The van der Waals surface area contributed by atoms with Crippen LogP contribution in [0, 0.1) is 12.8 Å². The van der Waals surface area contributed by atoms with Gasteiger partial charge in [-0.2, -0.15) is 5.10 Å². The molecule has 11 heteroatoms. The Morgan fingerprint density at radius 2 is 1.84 bits per heavy atom. The van der Waals surface area contributed by atoms with Crippen molar-refractivity contribution >= 4 is 34.6 Å². The van der Waals surface area contributed by atoms with Crippen LogP contribution in [0.1, 0.15) is 73.7 Å². The fourth-order valence-corrected chi connectivity index (χ4v) is 4.40. The van der Waals surface area contributed by atoms with Crippen LogP contribution in [0.2, 0.25) is 0 Å². The molecule has 3 aromatic rings. The molecule has 0 atom stereocenters. The van der Waals surface area contributed by atoms with Gasteiger partial charge in [0.2, 0.25) is 0 Å². The number of fused-ring (bicyclic) bond motifs is 1. The summed E-state index contributed by atoms with van der Waals surface area (Å²) >= 11 is 0. The first-order valence-corrected chi connectivity index (χ1v) is 12.1. The van der Waals surface area contributed by atoms with Gasteiger partial charge in [0.15, 0.2) is 0 Å². The standard InChI is InChI=1S/C26H28F2N4O5/c1-14(2)36-26(35)37-25(34)16-7-9-18(10-8-16)32-13-17-11-22(19(23(27)28)12-21(17)31-32)30-24(33)20-6-4-5-15(3)29-20/h4-6,11-14,16,18,23H,7-10H2,1-3H3,(H,30,33)/t16-,18-. The maximum Gasteiger partial charge on any atom is 0.516 e. The van der Waals surface area contributed by atoms with Crippen LogP contribution in [0.3, 0.4) is 0 Å². The number of anilines is 1. The van der Waals surface area contributed by atoms with E-state index in [0.29, 0.717) is 42.3 Å². The highest BCUT2D eigenvalue weighted by atomic mass is 19.3. The number of alkyl halides is 2. The smallest absolute Gasteiger partial charge is 0.431 e. The molecular weight excluding hydrogens is 486 g/mol. The third-order valence-corrected chi connectivity index (χ3v) is 6.22. The monoisotopic (exact) mass is 514 g/mol. The number of ether oxygens (including phenoxy) is 2. The van der Waals surface area contributed by atoms with Crippen LogP contribution in [-0.4, -0.2) is 38.9 Å². The van der Waals surface area contributed by atoms with Crippen molar-refractivity contribution < 1.29 is 32.6 Å². The van der Waals surface area contributed by atoms with E-state index in [1.54, 1.807) is 43.8 Å². The van der Waals surface area contributed by atoms with Crippen LogP contribution in [0.4, 0.5) is 19.3 Å². The van der Waals surface area contributed by atoms with Gasteiger partial charge in [0, 0.05) is 22.8 Å². The molecule has 37 heavy (non-hydrogen) atoms. The highest BCUT2D eigenvalue weighted by Crippen LogP contribution is 2.36. The number of halogens is 2. The van der Waals surface area contributed by atoms with Crippen molar-refractivity contribution in [3.05, 3.63) is 53.5 Å². The lowest BCUT2D eigenvalue weighted by Gasteiger charge is -2.27. The second-order valence-electron chi connectivity index (χ2n) is 9.37. The van der Waals surface area contributed by atoms with Crippen molar-refractivity contribution in [2.45, 2.75) is 65.0 Å². The first-order chi connectivity index (χ1) is 17.6. The van der Waals surface area contributed by atoms with Crippen LogP contribution < -0.4 is 5.32 Å². The molecule has 0 unspecified atom stereocenters. The summed E-state index contributed by atoms with van der Waals surface area (Å²) in [5, 5.41) is 7.64. The van der Waals surface area contributed by atoms with Crippen LogP contribution >= 0.6 is 0 Å². The van der Waals surface area contributed by atoms with Gasteiger partial charge in [0.05, 0.1) is 29.3 Å². The minimum Gasteiger partial charge on any atom is -0.431 e. The normalized spacial score (nSPS) is 17.7. The zero-order chi connectivity index (χ0) is 26.7. The van der Waals surface area contributed by atoms with Gasteiger partial charge in [0.1, 0.15) is 5.69 Å². The maximum absolute atomic E-state index is 13.8. The molecule has 2 heterocycles. The molecule has 0 saturated heterocycles. The highest BCUT2D eigenvalue weighted by Gasteiger charge is 2.31. The van der Waals surface area contributed by atoms with E-state index in [1.807, 2.05) is 0 Å². The average molecular weight is 515 g/mol. The number of hydrogen-bond donors (Lipinski definition) is 1. The summed E-state index contributed by atoms with van der Waals surface area (Å²) in [5.74, 6) is -1.62. The van der Waals surface area contributed by atoms with Crippen molar-refractivity contribution in [3.63, 3.8) is 0 Å². The van der Waals surface area contributed by atoms with E-state index in [1.165, 1.54) is 18.2 Å². The van der Waals surface area contributed by atoms with Crippen LogP contribution in [0.5, 0.6) is 0 Å². The SMILES string of the molecule is Cc1cccc(C(=O)Nc2cc3cn([C@H]4CC[C@H](C(=O)OC(=O)OC(C)C)CC4)nc3cc2C(F)F)n1. The Hall–Kier alpha value is -3.89. The maximum atomic E-state index is 13.8. The van der Waals surface area contributed by atoms with Gasteiger partial charge in [0.25, 0.3) is 12.3 Å². The van der Waals surface area contributed by atoms with Gasteiger partial charge in [-0.25, -0.2) is 18.6 Å². The van der Waals surface area contributed by atoms with E-state index < -0.39 is 30.4 Å². The van der Waals surface area contributed by atoms with Crippen LogP contribution in [0.25, 0.3) is 10.9 Å². The molecule has 9 nitrogen and oxygen atoms in total. The van der Waals surface area contributed by atoms with E-state index in [0.717, 1.165) is 0 Å². The quantitative estimate of drug-likeness (QED) is 0.329. The Morgan fingerprint density at radius 3 is 2.49 bits per heavy atom. The summed E-state index contributed by atoms with van der Waals surface area (Å²) in [5.41, 5.74) is 0.800. The molecule has 0 radical (unpaired) electrons. The third-order valence-electron chi connectivity index (χ3n) is 6.22. The van der Waals surface area contributed by atoms with E-state index in [-0.39, 0.29) is 29.1 Å². The lowest BCUT2D eigenvalue weighted by molar-refractivity contribution is -0.146. The van der Waals surface area contributed by atoms with Gasteiger partial charge < -0.3 is 14.8 Å². The summed E-state index contributed by atoms with van der Waals surface area (Å²) in [6, 6.07) is 7.63. The van der Waals surface area contributed by atoms with Gasteiger partial charge >= 0.3 is 12.1 Å². The van der Waals surface area contributed by atoms with Crippen molar-refractivity contribution in [2.75, 3.05) is 5.32 Å². The molecule has 1 aliphatic rings. The molecule has 196 valence electrons. The molecule has 0 bridgehead atoms. The van der Waals surface area contributed by atoms with Gasteiger partial charge in [-0.05, 0) is 70.7 Å². The molecular formula is C26H28F2N4O5. The van der Waals surface area contributed by atoms with Crippen molar-refractivity contribution in [1.29, 1.82) is 0 Å². The van der Waals surface area contributed by atoms with Gasteiger partial charge in [-0.15, -0.1) is 0 Å².